The molecule has 0 saturated carbocycles. The standard InChI is InChI=1S/C10H13F2N/c1-7(13(2)3)9-5-4-8(11)6-10(9)12/h4-7H,1-3H3. The van der Waals surface area contributed by atoms with E-state index in [4.69, 9.17) is 0 Å². The van der Waals surface area contributed by atoms with Gasteiger partial charge in [-0.3, -0.25) is 0 Å². The van der Waals surface area contributed by atoms with Gasteiger partial charge in [-0.2, -0.15) is 0 Å². The van der Waals surface area contributed by atoms with E-state index < -0.39 is 11.6 Å². The van der Waals surface area contributed by atoms with Crippen molar-refractivity contribution in [2.24, 2.45) is 0 Å². The molecular weight excluding hydrogens is 172 g/mol. The SMILES string of the molecule is CC(c1ccc(F)cc1F)N(C)C. The van der Waals surface area contributed by atoms with E-state index in [1.807, 2.05) is 25.9 Å². The molecule has 0 saturated heterocycles. The van der Waals surface area contributed by atoms with E-state index in [1.54, 1.807) is 0 Å². The molecule has 0 aliphatic carbocycles. The number of nitrogens with zero attached hydrogens (tertiary/aromatic N) is 1. The van der Waals surface area contributed by atoms with Crippen molar-refractivity contribution in [3.8, 4) is 0 Å². The molecule has 0 aliphatic rings. The van der Waals surface area contributed by atoms with Gasteiger partial charge in [-0.25, -0.2) is 8.78 Å². The Morgan fingerprint density at radius 2 is 1.85 bits per heavy atom. The van der Waals surface area contributed by atoms with Crippen molar-refractivity contribution in [3.05, 3.63) is 35.4 Å². The highest BCUT2D eigenvalue weighted by atomic mass is 19.1. The van der Waals surface area contributed by atoms with Crippen LogP contribution in [0.5, 0.6) is 0 Å². The van der Waals surface area contributed by atoms with Crippen LogP contribution in [0.1, 0.15) is 18.5 Å². The Bertz CT molecular complexity index is 297. The van der Waals surface area contributed by atoms with Gasteiger partial charge in [0, 0.05) is 17.7 Å². The topological polar surface area (TPSA) is 3.24 Å². The fourth-order valence-corrected chi connectivity index (χ4v) is 1.12. The summed E-state index contributed by atoms with van der Waals surface area (Å²) in [6, 6.07) is 3.63. The number of hydrogen-bond donors (Lipinski definition) is 0. The Kier molecular flexibility index (Phi) is 2.98. The Morgan fingerprint density at radius 1 is 1.23 bits per heavy atom. The summed E-state index contributed by atoms with van der Waals surface area (Å²) in [6.07, 6.45) is 0. The average molecular weight is 185 g/mol. The largest absolute Gasteiger partial charge is 0.303 e. The maximum Gasteiger partial charge on any atom is 0.130 e. The highest BCUT2D eigenvalue weighted by molar-refractivity contribution is 5.21. The second kappa shape index (κ2) is 3.83. The van der Waals surface area contributed by atoms with Crippen molar-refractivity contribution in [1.82, 2.24) is 4.90 Å². The molecule has 0 bridgehead atoms. The van der Waals surface area contributed by atoms with Crippen LogP contribution in [0, 0.1) is 11.6 Å². The molecule has 3 heteroatoms. The molecule has 0 fully saturated rings. The second-order valence-corrected chi connectivity index (χ2v) is 3.31. The predicted molar refractivity (Wildman–Crippen MR) is 48.5 cm³/mol. The van der Waals surface area contributed by atoms with E-state index in [1.165, 1.54) is 12.1 Å². The summed E-state index contributed by atoms with van der Waals surface area (Å²) >= 11 is 0. The minimum atomic E-state index is -0.535. The Hall–Kier alpha value is -0.960. The predicted octanol–water partition coefficient (Wildman–Crippen LogP) is 2.59. The summed E-state index contributed by atoms with van der Waals surface area (Å²) in [5.41, 5.74) is 0.520. The van der Waals surface area contributed by atoms with Crippen LogP contribution in [0.25, 0.3) is 0 Å². The van der Waals surface area contributed by atoms with Crippen LogP contribution in [0.15, 0.2) is 18.2 Å². The smallest absolute Gasteiger partial charge is 0.130 e. The van der Waals surface area contributed by atoms with E-state index in [0.29, 0.717) is 5.56 Å². The summed E-state index contributed by atoms with van der Waals surface area (Å²) in [6.45, 7) is 1.87. The van der Waals surface area contributed by atoms with Gasteiger partial charge < -0.3 is 4.90 Å². The van der Waals surface area contributed by atoms with E-state index >= 15 is 0 Å². The first-order valence-electron chi connectivity index (χ1n) is 4.13. The summed E-state index contributed by atoms with van der Waals surface area (Å²) in [5.74, 6) is -1.02. The van der Waals surface area contributed by atoms with Crippen LogP contribution < -0.4 is 0 Å². The fourth-order valence-electron chi connectivity index (χ4n) is 1.12. The third-order valence-corrected chi connectivity index (χ3v) is 2.19. The molecule has 72 valence electrons. The van der Waals surface area contributed by atoms with Crippen molar-refractivity contribution in [1.29, 1.82) is 0 Å². The summed E-state index contributed by atoms with van der Waals surface area (Å²) in [7, 11) is 3.71. The second-order valence-electron chi connectivity index (χ2n) is 3.31. The van der Waals surface area contributed by atoms with E-state index in [0.717, 1.165) is 6.07 Å². The number of rotatable bonds is 2. The quantitative estimate of drug-likeness (QED) is 0.684. The van der Waals surface area contributed by atoms with Gasteiger partial charge >= 0.3 is 0 Å². The molecule has 0 N–H and O–H groups in total. The summed E-state index contributed by atoms with van der Waals surface area (Å²) in [5, 5.41) is 0. The van der Waals surface area contributed by atoms with Crippen LogP contribution in [-0.2, 0) is 0 Å². The first kappa shape index (κ1) is 10.1. The number of halogens is 2. The lowest BCUT2D eigenvalue weighted by molar-refractivity contribution is 0.312. The first-order valence-corrected chi connectivity index (χ1v) is 4.13. The van der Waals surface area contributed by atoms with Crippen molar-refractivity contribution >= 4 is 0 Å². The third-order valence-electron chi connectivity index (χ3n) is 2.19. The van der Waals surface area contributed by atoms with Crippen LogP contribution >= 0.6 is 0 Å². The molecule has 1 unspecified atom stereocenters. The van der Waals surface area contributed by atoms with Gasteiger partial charge in [0.2, 0.25) is 0 Å². The van der Waals surface area contributed by atoms with Crippen LogP contribution in [0.4, 0.5) is 8.78 Å². The van der Waals surface area contributed by atoms with Crippen molar-refractivity contribution in [2.45, 2.75) is 13.0 Å². The monoisotopic (exact) mass is 185 g/mol. The Morgan fingerprint density at radius 3 is 2.31 bits per heavy atom. The number of benzene rings is 1. The average Bonchev–Trinajstić information content (AvgIpc) is 2.03. The molecule has 0 heterocycles. The van der Waals surface area contributed by atoms with Crippen molar-refractivity contribution in [3.63, 3.8) is 0 Å². The van der Waals surface area contributed by atoms with Gasteiger partial charge in [0.25, 0.3) is 0 Å². The molecule has 0 spiro atoms. The lowest BCUT2D eigenvalue weighted by Crippen LogP contribution is -2.17. The molecular formula is C10H13F2N. The van der Waals surface area contributed by atoms with Gasteiger partial charge in [0.05, 0.1) is 0 Å². The lowest BCUT2D eigenvalue weighted by Gasteiger charge is -2.20. The van der Waals surface area contributed by atoms with Gasteiger partial charge in [-0.05, 0) is 27.1 Å². The molecule has 0 aliphatic heterocycles. The summed E-state index contributed by atoms with van der Waals surface area (Å²) in [4.78, 5) is 1.87. The van der Waals surface area contributed by atoms with Gasteiger partial charge in [0.15, 0.2) is 0 Å². The minimum absolute atomic E-state index is 0.0411. The van der Waals surface area contributed by atoms with Crippen molar-refractivity contribution in [2.75, 3.05) is 14.1 Å². The minimum Gasteiger partial charge on any atom is -0.303 e. The van der Waals surface area contributed by atoms with Crippen LogP contribution in [-0.4, -0.2) is 19.0 Å². The first-order chi connectivity index (χ1) is 6.02. The highest BCUT2D eigenvalue weighted by Gasteiger charge is 2.12. The van der Waals surface area contributed by atoms with Crippen LogP contribution in [0.3, 0.4) is 0 Å². The van der Waals surface area contributed by atoms with Crippen molar-refractivity contribution < 1.29 is 8.78 Å². The summed E-state index contributed by atoms with van der Waals surface area (Å²) < 4.78 is 25.8. The van der Waals surface area contributed by atoms with Crippen LogP contribution in [0.2, 0.25) is 0 Å². The maximum atomic E-state index is 13.2. The molecule has 0 amide bonds. The van der Waals surface area contributed by atoms with Gasteiger partial charge in [-0.15, -0.1) is 0 Å². The zero-order valence-corrected chi connectivity index (χ0v) is 8.01. The molecule has 0 aromatic heterocycles. The zero-order valence-electron chi connectivity index (χ0n) is 8.01. The maximum absolute atomic E-state index is 13.2. The molecule has 1 aromatic rings. The molecule has 1 atom stereocenters. The lowest BCUT2D eigenvalue weighted by atomic mass is 10.1. The number of hydrogen-bond acceptors (Lipinski definition) is 1. The zero-order chi connectivity index (χ0) is 10.0. The van der Waals surface area contributed by atoms with E-state index in [-0.39, 0.29) is 6.04 Å². The fraction of sp³-hybridized carbons (Fsp3) is 0.400. The Balaban J connectivity index is 3.01. The highest BCUT2D eigenvalue weighted by Crippen LogP contribution is 2.20. The van der Waals surface area contributed by atoms with Gasteiger partial charge in [-0.1, -0.05) is 6.07 Å². The molecule has 1 rings (SSSR count). The molecule has 13 heavy (non-hydrogen) atoms. The molecule has 1 aromatic carbocycles. The molecule has 0 radical (unpaired) electrons. The van der Waals surface area contributed by atoms with Gasteiger partial charge in [0.1, 0.15) is 11.6 Å². The third kappa shape index (κ3) is 2.25. The Labute approximate surface area is 77.0 Å². The van der Waals surface area contributed by atoms with E-state index in [2.05, 4.69) is 0 Å². The van der Waals surface area contributed by atoms with E-state index in [9.17, 15) is 8.78 Å². The normalized spacial score (nSPS) is 13.4. The molecule has 1 nitrogen and oxygen atoms in total.